The number of hydrogen-bond donors (Lipinski definition) is 1. The largest absolute Gasteiger partial charge is 0.357 e. The second-order valence-corrected chi connectivity index (χ2v) is 7.04. The van der Waals surface area contributed by atoms with E-state index in [1.54, 1.807) is 12.4 Å². The molecule has 1 saturated heterocycles. The van der Waals surface area contributed by atoms with Gasteiger partial charge < -0.3 is 20.0 Å². The van der Waals surface area contributed by atoms with Crippen molar-refractivity contribution in [1.82, 2.24) is 30.0 Å². The van der Waals surface area contributed by atoms with Crippen LogP contribution in [0.5, 0.6) is 0 Å². The summed E-state index contributed by atoms with van der Waals surface area (Å²) in [5, 5.41) is 3.29. The van der Waals surface area contributed by atoms with Crippen molar-refractivity contribution in [2.45, 2.75) is 20.8 Å². The van der Waals surface area contributed by atoms with Crippen molar-refractivity contribution >= 4 is 17.8 Å². The van der Waals surface area contributed by atoms with Gasteiger partial charge in [-0.1, -0.05) is 0 Å². The fraction of sp³-hybridized carbons (Fsp3) is 0.700. The summed E-state index contributed by atoms with van der Waals surface area (Å²) in [4.78, 5) is 34.1. The van der Waals surface area contributed by atoms with Gasteiger partial charge in [0.2, 0.25) is 11.9 Å². The van der Waals surface area contributed by atoms with E-state index in [2.05, 4.69) is 25.1 Å². The first-order valence-electron chi connectivity index (χ1n) is 10.6. The third-order valence-corrected chi connectivity index (χ3v) is 5.07. The number of nitrogens with zero attached hydrogens (tertiary/aromatic N) is 7. The van der Waals surface area contributed by atoms with Gasteiger partial charge in [0.25, 0.3) is 0 Å². The van der Waals surface area contributed by atoms with Gasteiger partial charge in [-0.3, -0.25) is 14.7 Å². The summed E-state index contributed by atoms with van der Waals surface area (Å²) >= 11 is 0. The Morgan fingerprint density at radius 1 is 1.14 bits per heavy atom. The van der Waals surface area contributed by atoms with Crippen LogP contribution < -0.4 is 10.2 Å². The summed E-state index contributed by atoms with van der Waals surface area (Å²) in [6.45, 7) is 14.0. The summed E-state index contributed by atoms with van der Waals surface area (Å²) < 4.78 is 0. The Morgan fingerprint density at radius 3 is 2.38 bits per heavy atom. The fourth-order valence-electron chi connectivity index (χ4n) is 3.35. The number of amides is 1. The predicted molar refractivity (Wildman–Crippen MR) is 117 cm³/mol. The third-order valence-electron chi connectivity index (χ3n) is 5.07. The van der Waals surface area contributed by atoms with Crippen LogP contribution in [0.15, 0.2) is 23.5 Å². The number of piperazine rings is 1. The van der Waals surface area contributed by atoms with Crippen LogP contribution >= 0.6 is 0 Å². The first kappa shape index (κ1) is 22.9. The SMILES string of the molecule is CCNC(=NCCN1CCN(c2ncccn2)CC1)N(C)CC(=O)N(CC)CC. The number of aliphatic imine (C=N–C) groups is 1. The number of aromatic nitrogens is 2. The molecule has 2 rings (SSSR count). The molecule has 1 aromatic rings. The molecule has 162 valence electrons. The zero-order valence-corrected chi connectivity index (χ0v) is 18.3. The summed E-state index contributed by atoms with van der Waals surface area (Å²) in [5.41, 5.74) is 0. The Balaban J connectivity index is 1.80. The maximum atomic E-state index is 12.4. The van der Waals surface area contributed by atoms with Crippen LogP contribution in [0.4, 0.5) is 5.95 Å². The topological polar surface area (TPSA) is 80.2 Å². The maximum absolute atomic E-state index is 12.4. The molecule has 9 heteroatoms. The second-order valence-electron chi connectivity index (χ2n) is 7.04. The lowest BCUT2D eigenvalue weighted by atomic mass is 10.3. The molecular formula is C20H36N8O. The molecule has 1 aliphatic heterocycles. The van der Waals surface area contributed by atoms with E-state index in [1.807, 2.05) is 43.7 Å². The van der Waals surface area contributed by atoms with Gasteiger partial charge in [-0.25, -0.2) is 9.97 Å². The van der Waals surface area contributed by atoms with Crippen LogP contribution in [0.1, 0.15) is 20.8 Å². The summed E-state index contributed by atoms with van der Waals surface area (Å²) in [7, 11) is 1.92. The molecular weight excluding hydrogens is 368 g/mol. The van der Waals surface area contributed by atoms with Crippen LogP contribution in [-0.4, -0.2) is 109 Å². The summed E-state index contributed by atoms with van der Waals surface area (Å²) in [5.74, 6) is 1.71. The molecule has 0 saturated carbocycles. The highest BCUT2D eigenvalue weighted by atomic mass is 16.2. The van der Waals surface area contributed by atoms with E-state index in [4.69, 9.17) is 4.99 Å². The molecule has 9 nitrogen and oxygen atoms in total. The zero-order chi connectivity index (χ0) is 21.1. The van der Waals surface area contributed by atoms with Crippen molar-refractivity contribution in [3.05, 3.63) is 18.5 Å². The molecule has 1 aromatic heterocycles. The molecule has 0 bridgehead atoms. The van der Waals surface area contributed by atoms with E-state index >= 15 is 0 Å². The minimum atomic E-state index is 0.127. The van der Waals surface area contributed by atoms with E-state index in [-0.39, 0.29) is 5.91 Å². The lowest BCUT2D eigenvalue weighted by molar-refractivity contribution is -0.131. The molecule has 29 heavy (non-hydrogen) atoms. The zero-order valence-electron chi connectivity index (χ0n) is 18.3. The number of hydrogen-bond acceptors (Lipinski definition) is 6. The molecule has 0 atom stereocenters. The van der Waals surface area contributed by atoms with E-state index in [9.17, 15) is 4.79 Å². The highest BCUT2D eigenvalue weighted by molar-refractivity contribution is 5.86. The molecule has 1 aliphatic rings. The highest BCUT2D eigenvalue weighted by Gasteiger charge is 2.19. The van der Waals surface area contributed by atoms with Gasteiger partial charge in [0.15, 0.2) is 5.96 Å². The van der Waals surface area contributed by atoms with Crippen LogP contribution in [0, 0.1) is 0 Å². The summed E-state index contributed by atoms with van der Waals surface area (Å²) in [6, 6.07) is 1.84. The number of carbonyl (C=O) groups excluding carboxylic acids is 1. The number of likely N-dealkylation sites (N-methyl/N-ethyl adjacent to an activating group) is 2. The first-order chi connectivity index (χ1) is 14.1. The van der Waals surface area contributed by atoms with E-state index in [0.29, 0.717) is 13.1 Å². The Kier molecular flexibility index (Phi) is 9.63. The van der Waals surface area contributed by atoms with Crippen LogP contribution in [0.25, 0.3) is 0 Å². The van der Waals surface area contributed by atoms with E-state index < -0.39 is 0 Å². The van der Waals surface area contributed by atoms with Gasteiger partial charge >= 0.3 is 0 Å². The molecule has 0 aromatic carbocycles. The van der Waals surface area contributed by atoms with E-state index in [1.165, 1.54) is 0 Å². The maximum Gasteiger partial charge on any atom is 0.242 e. The minimum Gasteiger partial charge on any atom is -0.357 e. The lowest BCUT2D eigenvalue weighted by Gasteiger charge is -2.34. The number of nitrogens with one attached hydrogen (secondary N) is 1. The molecule has 1 N–H and O–H groups in total. The van der Waals surface area contributed by atoms with Gasteiger partial charge in [0.1, 0.15) is 0 Å². The smallest absolute Gasteiger partial charge is 0.242 e. The van der Waals surface area contributed by atoms with Crippen molar-refractivity contribution in [1.29, 1.82) is 0 Å². The Hall–Kier alpha value is -2.42. The monoisotopic (exact) mass is 404 g/mol. The molecule has 2 heterocycles. The Bertz CT molecular complexity index is 627. The van der Waals surface area contributed by atoms with Gasteiger partial charge in [0, 0.05) is 71.8 Å². The molecule has 0 unspecified atom stereocenters. The molecule has 0 aliphatic carbocycles. The first-order valence-corrected chi connectivity index (χ1v) is 10.6. The van der Waals surface area contributed by atoms with Crippen LogP contribution in [0.2, 0.25) is 0 Å². The van der Waals surface area contributed by atoms with Crippen molar-refractivity contribution in [2.75, 3.05) is 77.4 Å². The van der Waals surface area contributed by atoms with Gasteiger partial charge in [-0.2, -0.15) is 0 Å². The third kappa shape index (κ3) is 7.16. The van der Waals surface area contributed by atoms with Gasteiger partial charge in [-0.15, -0.1) is 0 Å². The second kappa shape index (κ2) is 12.2. The van der Waals surface area contributed by atoms with Crippen molar-refractivity contribution < 1.29 is 4.79 Å². The van der Waals surface area contributed by atoms with Gasteiger partial charge in [0.05, 0.1) is 13.1 Å². The number of carbonyl (C=O) groups is 1. The number of guanidine groups is 1. The van der Waals surface area contributed by atoms with Crippen LogP contribution in [0.3, 0.4) is 0 Å². The average Bonchev–Trinajstić information content (AvgIpc) is 2.75. The molecule has 0 spiro atoms. The van der Waals surface area contributed by atoms with Crippen molar-refractivity contribution in [3.8, 4) is 0 Å². The Labute approximate surface area is 174 Å². The van der Waals surface area contributed by atoms with E-state index in [0.717, 1.165) is 64.3 Å². The number of anilines is 1. The minimum absolute atomic E-state index is 0.127. The molecule has 1 amide bonds. The van der Waals surface area contributed by atoms with Gasteiger partial charge in [-0.05, 0) is 26.8 Å². The fourth-order valence-corrected chi connectivity index (χ4v) is 3.35. The van der Waals surface area contributed by atoms with Crippen molar-refractivity contribution in [2.24, 2.45) is 4.99 Å². The van der Waals surface area contributed by atoms with Crippen LogP contribution in [-0.2, 0) is 4.79 Å². The quantitative estimate of drug-likeness (QED) is 0.470. The average molecular weight is 405 g/mol. The summed E-state index contributed by atoms with van der Waals surface area (Å²) in [6.07, 6.45) is 3.57. The predicted octanol–water partition coefficient (Wildman–Crippen LogP) is 0.364. The van der Waals surface area contributed by atoms with Crippen molar-refractivity contribution in [3.63, 3.8) is 0 Å². The highest BCUT2D eigenvalue weighted by Crippen LogP contribution is 2.09. The molecule has 0 radical (unpaired) electrons. The standard InChI is InChI=1S/C20H36N8O/c1-5-21-19(25(4)17-18(29)27(6-2)7-3)24-11-12-26-13-15-28(16-14-26)20-22-9-8-10-23-20/h8-10H,5-7,11-17H2,1-4H3,(H,21,24). The number of rotatable bonds is 9. The molecule has 1 fully saturated rings. The Morgan fingerprint density at radius 2 is 1.79 bits per heavy atom. The lowest BCUT2D eigenvalue weighted by Crippen LogP contribution is -2.48. The normalized spacial score (nSPS) is 15.3.